The summed E-state index contributed by atoms with van der Waals surface area (Å²) in [6, 6.07) is 8.34. The lowest BCUT2D eigenvalue weighted by Crippen LogP contribution is -2.50. The van der Waals surface area contributed by atoms with Crippen molar-refractivity contribution in [1.29, 1.82) is 0 Å². The second kappa shape index (κ2) is 10.9. The third kappa shape index (κ3) is 6.31. The molecule has 4 nitrogen and oxygen atoms in total. The Labute approximate surface area is 231 Å². The van der Waals surface area contributed by atoms with Gasteiger partial charge in [-0.1, -0.05) is 12.1 Å². The Kier molecular flexibility index (Phi) is 8.50. The Bertz CT molecular complexity index is 1470. The van der Waals surface area contributed by atoms with Gasteiger partial charge < -0.3 is 10.2 Å². The molecule has 16 heteroatoms. The van der Waals surface area contributed by atoms with Gasteiger partial charge in [-0.25, -0.2) is 8.78 Å². The SMILES string of the molecule is CN(C(=O)c1cccc(F)c1)c1cccc(C(=O)Nc2c(Br)cc(C(F)(C(F)(F)F)C(F)(F)F)cc2C(F)(F)F)c1. The van der Waals surface area contributed by atoms with Crippen LogP contribution in [0, 0.1) is 5.82 Å². The number of hydrogen-bond acceptors (Lipinski definition) is 2. The summed E-state index contributed by atoms with van der Waals surface area (Å²) in [6.07, 6.45) is -19.0. The molecule has 0 aliphatic rings. The highest BCUT2D eigenvalue weighted by Gasteiger charge is 2.73. The van der Waals surface area contributed by atoms with E-state index in [9.17, 15) is 57.9 Å². The predicted molar refractivity (Wildman–Crippen MR) is 128 cm³/mol. The van der Waals surface area contributed by atoms with Crippen molar-refractivity contribution in [3.8, 4) is 0 Å². The zero-order valence-electron chi connectivity index (χ0n) is 20.1. The Morgan fingerprint density at radius 2 is 1.34 bits per heavy atom. The van der Waals surface area contributed by atoms with Crippen LogP contribution in [0.4, 0.5) is 59.7 Å². The highest BCUT2D eigenvalue weighted by atomic mass is 79.9. The lowest BCUT2D eigenvalue weighted by atomic mass is 9.92. The molecule has 0 bridgehead atoms. The van der Waals surface area contributed by atoms with Crippen LogP contribution >= 0.6 is 15.9 Å². The second-order valence-electron chi connectivity index (χ2n) is 8.41. The van der Waals surface area contributed by atoms with Gasteiger partial charge in [-0.2, -0.15) is 39.5 Å². The first-order chi connectivity index (χ1) is 18.7. The van der Waals surface area contributed by atoms with Gasteiger partial charge in [-0.3, -0.25) is 9.59 Å². The van der Waals surface area contributed by atoms with Crippen LogP contribution in [0.25, 0.3) is 0 Å². The minimum Gasteiger partial charge on any atom is -0.320 e. The van der Waals surface area contributed by atoms with E-state index in [2.05, 4.69) is 15.9 Å². The molecule has 3 aromatic rings. The molecule has 0 atom stereocenters. The first-order valence-electron chi connectivity index (χ1n) is 10.9. The molecule has 41 heavy (non-hydrogen) atoms. The van der Waals surface area contributed by atoms with Crippen molar-refractivity contribution < 1.29 is 57.9 Å². The van der Waals surface area contributed by atoms with Crippen LogP contribution in [0.5, 0.6) is 0 Å². The molecule has 0 saturated carbocycles. The fraction of sp³-hybridized carbons (Fsp3) is 0.200. The van der Waals surface area contributed by atoms with E-state index in [-0.39, 0.29) is 17.3 Å². The largest absolute Gasteiger partial charge is 0.435 e. The smallest absolute Gasteiger partial charge is 0.320 e. The summed E-state index contributed by atoms with van der Waals surface area (Å²) in [7, 11) is 1.24. The fourth-order valence-corrected chi connectivity index (χ4v) is 4.18. The second-order valence-corrected chi connectivity index (χ2v) is 9.27. The van der Waals surface area contributed by atoms with E-state index < -0.39 is 74.7 Å². The summed E-state index contributed by atoms with van der Waals surface area (Å²) in [5, 5.41) is 1.75. The van der Waals surface area contributed by atoms with E-state index in [0.29, 0.717) is 0 Å². The van der Waals surface area contributed by atoms with Gasteiger partial charge in [0.1, 0.15) is 5.82 Å². The lowest BCUT2D eigenvalue weighted by Gasteiger charge is -2.31. The number of benzene rings is 3. The maximum atomic E-state index is 14.5. The van der Waals surface area contributed by atoms with Crippen molar-refractivity contribution in [3.05, 3.63) is 93.2 Å². The van der Waals surface area contributed by atoms with Crippen LogP contribution in [0.1, 0.15) is 31.8 Å². The van der Waals surface area contributed by atoms with Crippen molar-refractivity contribution >= 4 is 39.1 Å². The molecule has 0 fully saturated rings. The monoisotopic (exact) mass is 662 g/mol. The van der Waals surface area contributed by atoms with E-state index in [4.69, 9.17) is 0 Å². The molecule has 0 saturated heterocycles. The number of alkyl halides is 10. The standard InChI is InChI=1S/C25H14BrF11N2O2/c1-39(21(41)13-5-2-6-15(27)8-13)16-7-3-4-12(9-16)20(40)38-19-17(23(29,30)31)10-14(11-18(19)26)22(28,24(32,33)34)25(35,36)37/h2-11H,1H3,(H,38,40). The molecule has 2 amide bonds. The van der Waals surface area contributed by atoms with Gasteiger partial charge in [0.25, 0.3) is 11.8 Å². The molecule has 0 radical (unpaired) electrons. The zero-order valence-corrected chi connectivity index (χ0v) is 21.7. The van der Waals surface area contributed by atoms with Gasteiger partial charge in [-0.05, 0) is 64.5 Å². The quantitative estimate of drug-likeness (QED) is 0.279. The average molecular weight is 663 g/mol. The molecule has 1 N–H and O–H groups in total. The number of nitrogens with one attached hydrogen (secondary N) is 1. The Hall–Kier alpha value is -3.69. The Balaban J connectivity index is 2.03. The number of carbonyl (C=O) groups is 2. The lowest BCUT2D eigenvalue weighted by molar-refractivity contribution is -0.348. The van der Waals surface area contributed by atoms with Gasteiger partial charge >= 0.3 is 24.2 Å². The molecule has 0 aromatic heterocycles. The fourth-order valence-electron chi connectivity index (χ4n) is 3.62. The van der Waals surface area contributed by atoms with E-state index in [1.165, 1.54) is 31.3 Å². The molecule has 0 heterocycles. The van der Waals surface area contributed by atoms with Crippen molar-refractivity contribution in [2.75, 3.05) is 17.3 Å². The molecule has 0 unspecified atom stereocenters. The van der Waals surface area contributed by atoms with Crippen LogP contribution in [-0.4, -0.2) is 31.2 Å². The number of anilines is 2. The van der Waals surface area contributed by atoms with E-state index in [1.807, 2.05) is 0 Å². The number of nitrogens with zero attached hydrogens (tertiary/aromatic N) is 1. The van der Waals surface area contributed by atoms with Gasteiger partial charge in [0.2, 0.25) is 0 Å². The highest BCUT2D eigenvalue weighted by molar-refractivity contribution is 9.10. The number of rotatable bonds is 5. The first-order valence-corrected chi connectivity index (χ1v) is 11.7. The topological polar surface area (TPSA) is 49.4 Å². The van der Waals surface area contributed by atoms with Crippen LogP contribution in [0.3, 0.4) is 0 Å². The highest BCUT2D eigenvalue weighted by Crippen LogP contribution is 2.55. The third-order valence-corrected chi connectivity index (χ3v) is 6.31. The summed E-state index contributed by atoms with van der Waals surface area (Å²) in [4.78, 5) is 26.5. The minimum atomic E-state index is -6.69. The Morgan fingerprint density at radius 1 is 0.780 bits per heavy atom. The summed E-state index contributed by atoms with van der Waals surface area (Å²) in [6.45, 7) is 0. The van der Waals surface area contributed by atoms with Crippen molar-refractivity contribution in [3.63, 3.8) is 0 Å². The molecule has 3 rings (SSSR count). The molecule has 220 valence electrons. The summed E-state index contributed by atoms with van der Waals surface area (Å²) < 4.78 is 147. The van der Waals surface area contributed by atoms with Crippen molar-refractivity contribution in [2.45, 2.75) is 24.2 Å². The normalized spacial score (nSPS) is 12.7. The van der Waals surface area contributed by atoms with Crippen molar-refractivity contribution in [1.82, 2.24) is 0 Å². The summed E-state index contributed by atoms with van der Waals surface area (Å²) >= 11 is 2.41. The van der Waals surface area contributed by atoms with Crippen LogP contribution in [0.2, 0.25) is 0 Å². The number of amides is 2. The van der Waals surface area contributed by atoms with Crippen LogP contribution in [0.15, 0.2) is 65.1 Å². The van der Waals surface area contributed by atoms with Gasteiger partial charge in [0, 0.05) is 33.9 Å². The molecular formula is C25H14BrF11N2O2. The van der Waals surface area contributed by atoms with Crippen LogP contribution < -0.4 is 10.2 Å². The maximum Gasteiger partial charge on any atom is 0.435 e. The van der Waals surface area contributed by atoms with Crippen molar-refractivity contribution in [2.24, 2.45) is 0 Å². The van der Waals surface area contributed by atoms with E-state index >= 15 is 0 Å². The van der Waals surface area contributed by atoms with Gasteiger partial charge in [0.15, 0.2) is 0 Å². The zero-order chi connectivity index (χ0) is 31.1. The summed E-state index contributed by atoms with van der Waals surface area (Å²) in [5.41, 5.74) is -12.6. The maximum absolute atomic E-state index is 14.5. The Morgan fingerprint density at radius 3 is 1.88 bits per heavy atom. The molecule has 0 aliphatic heterocycles. The molecule has 0 spiro atoms. The predicted octanol–water partition coefficient (Wildman–Crippen LogP) is 8.43. The number of carbonyl (C=O) groups excluding carboxylic acids is 2. The van der Waals surface area contributed by atoms with Crippen LogP contribution in [-0.2, 0) is 11.8 Å². The van der Waals surface area contributed by atoms with E-state index in [0.717, 1.165) is 29.2 Å². The summed E-state index contributed by atoms with van der Waals surface area (Å²) in [5.74, 6) is -2.77. The number of hydrogen-bond donors (Lipinski definition) is 1. The third-order valence-electron chi connectivity index (χ3n) is 5.69. The van der Waals surface area contributed by atoms with Gasteiger partial charge in [-0.15, -0.1) is 0 Å². The molecule has 0 aliphatic carbocycles. The molecule has 3 aromatic carbocycles. The number of halogens is 12. The average Bonchev–Trinajstić information content (AvgIpc) is 2.86. The first kappa shape index (κ1) is 31.8. The van der Waals surface area contributed by atoms with E-state index in [1.54, 1.807) is 5.32 Å². The van der Waals surface area contributed by atoms with Gasteiger partial charge in [0.05, 0.1) is 11.3 Å². The molecular weight excluding hydrogens is 649 g/mol. The minimum absolute atomic E-state index is 0.00920.